The van der Waals surface area contributed by atoms with Crippen molar-refractivity contribution >= 4 is 17.8 Å². The van der Waals surface area contributed by atoms with Crippen LogP contribution in [0.3, 0.4) is 0 Å². The zero-order valence-electron chi connectivity index (χ0n) is 10.6. The zero-order chi connectivity index (χ0) is 14.6. The number of fused-ring (bicyclic) bond motifs is 1. The van der Waals surface area contributed by atoms with E-state index >= 15 is 0 Å². The van der Waals surface area contributed by atoms with Gasteiger partial charge in [-0.2, -0.15) is 0 Å². The maximum Gasteiger partial charge on any atom is 0.342 e. The summed E-state index contributed by atoms with van der Waals surface area (Å²) in [5.74, 6) is -5.98. The molecule has 4 atom stereocenters. The summed E-state index contributed by atoms with van der Waals surface area (Å²) >= 11 is 0. The molecule has 6 nitrogen and oxygen atoms in total. The van der Waals surface area contributed by atoms with Crippen LogP contribution >= 0.6 is 0 Å². The van der Waals surface area contributed by atoms with E-state index < -0.39 is 46.8 Å². The number of aliphatic carboxylic acids is 2. The second-order valence-corrected chi connectivity index (χ2v) is 5.62. The van der Waals surface area contributed by atoms with E-state index in [1.54, 1.807) is 13.8 Å². The number of nitrogens with one attached hydrogen (secondary N) is 1. The van der Waals surface area contributed by atoms with Gasteiger partial charge >= 0.3 is 11.9 Å². The van der Waals surface area contributed by atoms with Crippen LogP contribution in [0.1, 0.15) is 26.7 Å². The number of halogens is 1. The molecule has 2 aliphatic carbocycles. The lowest BCUT2D eigenvalue weighted by Gasteiger charge is -2.30. The van der Waals surface area contributed by atoms with E-state index in [4.69, 9.17) is 5.11 Å². The first-order valence-corrected chi connectivity index (χ1v) is 6.15. The fraction of sp³-hybridized carbons (Fsp3) is 0.750. The molecule has 19 heavy (non-hydrogen) atoms. The summed E-state index contributed by atoms with van der Waals surface area (Å²) < 4.78 is 14.2. The summed E-state index contributed by atoms with van der Waals surface area (Å²) in [7, 11) is 0. The van der Waals surface area contributed by atoms with E-state index in [1.165, 1.54) is 0 Å². The molecular weight excluding hydrogens is 257 g/mol. The Morgan fingerprint density at radius 3 is 2.21 bits per heavy atom. The Hall–Kier alpha value is -1.66. The highest BCUT2D eigenvalue weighted by atomic mass is 19.1. The molecule has 0 aromatic rings. The van der Waals surface area contributed by atoms with Crippen LogP contribution in [-0.2, 0) is 14.4 Å². The van der Waals surface area contributed by atoms with Gasteiger partial charge in [-0.3, -0.25) is 4.79 Å². The Bertz CT molecular complexity index is 465. The second-order valence-electron chi connectivity index (χ2n) is 5.62. The van der Waals surface area contributed by atoms with Gasteiger partial charge in [0.15, 0.2) is 0 Å². The van der Waals surface area contributed by atoms with Gasteiger partial charge in [0.05, 0.1) is 0 Å². The molecule has 0 bridgehead atoms. The number of rotatable bonds is 4. The number of carboxylic acid groups (broad SMARTS) is 2. The van der Waals surface area contributed by atoms with Gasteiger partial charge < -0.3 is 15.5 Å². The minimum absolute atomic E-state index is 0.0646. The molecular formula is C12H16FNO5. The summed E-state index contributed by atoms with van der Waals surface area (Å²) in [6.45, 7) is 3.17. The highest BCUT2D eigenvalue weighted by Gasteiger charge is 2.83. The summed E-state index contributed by atoms with van der Waals surface area (Å²) in [6, 6.07) is 0. The van der Waals surface area contributed by atoms with Crippen molar-refractivity contribution in [2.75, 3.05) is 0 Å². The normalized spacial score (nSPS) is 39.8. The van der Waals surface area contributed by atoms with Crippen molar-refractivity contribution in [1.29, 1.82) is 0 Å². The lowest BCUT2D eigenvalue weighted by atomic mass is 9.88. The topological polar surface area (TPSA) is 104 Å². The predicted octanol–water partition coefficient (Wildman–Crippen LogP) is 0.415. The fourth-order valence-electron chi connectivity index (χ4n) is 3.13. The molecule has 0 radical (unpaired) electrons. The van der Waals surface area contributed by atoms with Crippen molar-refractivity contribution < 1.29 is 29.0 Å². The summed E-state index contributed by atoms with van der Waals surface area (Å²) in [5, 5.41) is 20.6. The molecule has 0 spiro atoms. The highest BCUT2D eigenvalue weighted by molar-refractivity contribution is 5.93. The van der Waals surface area contributed by atoms with Crippen molar-refractivity contribution in [2.24, 2.45) is 17.8 Å². The van der Waals surface area contributed by atoms with Crippen LogP contribution in [0.25, 0.3) is 0 Å². The van der Waals surface area contributed by atoms with Crippen LogP contribution in [0.5, 0.6) is 0 Å². The minimum atomic E-state index is -2.53. The largest absolute Gasteiger partial charge is 0.479 e. The number of carboxylic acids is 2. The molecule has 7 heteroatoms. The molecule has 3 N–H and O–H groups in total. The highest BCUT2D eigenvalue weighted by Crippen LogP contribution is 2.67. The smallest absolute Gasteiger partial charge is 0.342 e. The Morgan fingerprint density at radius 2 is 1.84 bits per heavy atom. The summed E-state index contributed by atoms with van der Waals surface area (Å²) in [5.41, 5.74) is -4.32. The first kappa shape index (κ1) is 13.8. The predicted molar refractivity (Wildman–Crippen MR) is 61.0 cm³/mol. The van der Waals surface area contributed by atoms with Crippen LogP contribution in [-0.4, -0.2) is 39.3 Å². The molecule has 2 saturated carbocycles. The molecule has 2 aliphatic rings. The Morgan fingerprint density at radius 1 is 1.26 bits per heavy atom. The Labute approximate surface area is 109 Å². The van der Waals surface area contributed by atoms with E-state index in [0.29, 0.717) is 0 Å². The zero-order valence-corrected chi connectivity index (χ0v) is 10.6. The van der Waals surface area contributed by atoms with Crippen LogP contribution in [0, 0.1) is 17.8 Å². The summed E-state index contributed by atoms with van der Waals surface area (Å²) in [4.78, 5) is 34.1. The molecule has 2 rings (SSSR count). The monoisotopic (exact) mass is 273 g/mol. The third-order valence-corrected chi connectivity index (χ3v) is 4.25. The van der Waals surface area contributed by atoms with E-state index in [0.717, 1.165) is 0 Å². The van der Waals surface area contributed by atoms with E-state index in [-0.39, 0.29) is 12.8 Å². The maximum atomic E-state index is 14.2. The van der Waals surface area contributed by atoms with Gasteiger partial charge in [0.1, 0.15) is 5.54 Å². The van der Waals surface area contributed by atoms with Crippen LogP contribution in [0.4, 0.5) is 4.39 Å². The molecule has 0 aromatic heterocycles. The third-order valence-electron chi connectivity index (χ3n) is 4.25. The molecule has 1 amide bonds. The van der Waals surface area contributed by atoms with E-state index in [9.17, 15) is 23.9 Å². The minimum Gasteiger partial charge on any atom is -0.479 e. The molecule has 0 aliphatic heterocycles. The van der Waals surface area contributed by atoms with Crippen LogP contribution in [0.2, 0.25) is 0 Å². The molecule has 106 valence electrons. The quantitative estimate of drug-likeness (QED) is 0.688. The molecule has 0 aromatic carbocycles. The number of hydrogen-bond donors (Lipinski definition) is 3. The molecule has 0 saturated heterocycles. The van der Waals surface area contributed by atoms with Crippen molar-refractivity contribution in [3.8, 4) is 0 Å². The van der Waals surface area contributed by atoms with E-state index in [1.807, 2.05) is 0 Å². The number of hydrogen-bond acceptors (Lipinski definition) is 3. The van der Waals surface area contributed by atoms with Crippen LogP contribution in [0.15, 0.2) is 0 Å². The first-order valence-electron chi connectivity index (χ1n) is 6.15. The van der Waals surface area contributed by atoms with Crippen molar-refractivity contribution in [2.45, 2.75) is 37.9 Å². The summed E-state index contributed by atoms with van der Waals surface area (Å²) in [6.07, 6.45) is 0.215. The van der Waals surface area contributed by atoms with E-state index in [2.05, 4.69) is 5.32 Å². The lowest BCUT2D eigenvalue weighted by Crippen LogP contribution is -2.58. The SMILES string of the molecule is CC(C)C(=O)N[C@]1(C(=O)O)CC[C@H]2[C@@H]1[C@]2(F)C(=O)O. The lowest BCUT2D eigenvalue weighted by molar-refractivity contribution is -0.153. The number of amides is 1. The van der Waals surface area contributed by atoms with Gasteiger partial charge in [-0.15, -0.1) is 0 Å². The van der Waals surface area contributed by atoms with Gasteiger partial charge in [0.25, 0.3) is 0 Å². The average molecular weight is 273 g/mol. The van der Waals surface area contributed by atoms with Gasteiger partial charge in [-0.05, 0) is 12.8 Å². The third kappa shape index (κ3) is 1.63. The van der Waals surface area contributed by atoms with Gasteiger partial charge in [0.2, 0.25) is 11.6 Å². The Kier molecular flexibility index (Phi) is 2.84. The molecule has 0 unspecified atom stereocenters. The van der Waals surface area contributed by atoms with Gasteiger partial charge in [-0.25, -0.2) is 14.0 Å². The molecule has 0 heterocycles. The van der Waals surface area contributed by atoms with Crippen LogP contribution < -0.4 is 5.32 Å². The Balaban J connectivity index is 2.31. The standard InChI is InChI=1S/C12H16FNO5/c1-5(2)8(15)14-11(9(16)17)4-3-6-7(11)12(6,13)10(18)19/h5-7H,3-4H2,1-2H3,(H,14,15)(H,16,17)(H,18,19)/t6-,7-,11+,12-/m0/s1. The van der Waals surface area contributed by atoms with Gasteiger partial charge in [0, 0.05) is 17.8 Å². The van der Waals surface area contributed by atoms with Crippen molar-refractivity contribution in [1.82, 2.24) is 5.32 Å². The number of carbonyl (C=O) groups is 3. The average Bonchev–Trinajstić information content (AvgIpc) is 2.73. The maximum absolute atomic E-state index is 14.2. The van der Waals surface area contributed by atoms with Crippen molar-refractivity contribution in [3.05, 3.63) is 0 Å². The number of carbonyl (C=O) groups excluding carboxylic acids is 1. The fourth-order valence-corrected chi connectivity index (χ4v) is 3.13. The second kappa shape index (κ2) is 3.91. The molecule has 2 fully saturated rings. The van der Waals surface area contributed by atoms with Crippen molar-refractivity contribution in [3.63, 3.8) is 0 Å². The first-order chi connectivity index (χ1) is 8.68. The number of alkyl halides is 1. The van der Waals surface area contributed by atoms with Gasteiger partial charge in [-0.1, -0.05) is 13.8 Å².